The first-order valence-electron chi connectivity index (χ1n) is 8.33. The van der Waals surface area contributed by atoms with E-state index in [0.717, 1.165) is 30.4 Å². The number of carboxylic acids is 1. The highest BCUT2D eigenvalue weighted by atomic mass is 19.1. The van der Waals surface area contributed by atoms with E-state index in [-0.39, 0.29) is 11.7 Å². The first-order valence-corrected chi connectivity index (χ1v) is 8.33. The maximum Gasteiger partial charge on any atom is 0.306 e. The number of aryl methyl sites for hydroxylation is 1. The van der Waals surface area contributed by atoms with E-state index in [1.807, 2.05) is 31.2 Å². The fourth-order valence-corrected chi connectivity index (χ4v) is 3.05. The molecule has 1 fully saturated rings. The van der Waals surface area contributed by atoms with Gasteiger partial charge in [0.05, 0.1) is 12.5 Å². The predicted molar refractivity (Wildman–Crippen MR) is 90.6 cm³/mol. The average molecular weight is 328 g/mol. The number of hydrogen-bond donors (Lipinski definition) is 1. The van der Waals surface area contributed by atoms with Gasteiger partial charge in [-0.1, -0.05) is 24.3 Å². The van der Waals surface area contributed by atoms with Crippen molar-refractivity contribution >= 4 is 5.97 Å². The molecule has 2 aromatic carbocycles. The maximum atomic E-state index is 14.1. The number of hydrogen-bond acceptors (Lipinski definition) is 2. The first kappa shape index (κ1) is 16.5. The average Bonchev–Trinajstić information content (AvgIpc) is 3.36. The van der Waals surface area contributed by atoms with Crippen LogP contribution in [0.3, 0.4) is 0 Å². The van der Waals surface area contributed by atoms with Crippen LogP contribution in [0, 0.1) is 17.7 Å². The van der Waals surface area contributed by atoms with Gasteiger partial charge in [0.25, 0.3) is 0 Å². The Bertz CT molecular complexity index is 724. The largest absolute Gasteiger partial charge is 0.494 e. The molecule has 4 heteroatoms. The van der Waals surface area contributed by atoms with Crippen LogP contribution in [-0.2, 0) is 11.2 Å². The topological polar surface area (TPSA) is 46.5 Å². The smallest absolute Gasteiger partial charge is 0.306 e. The van der Waals surface area contributed by atoms with Crippen LogP contribution in [0.2, 0.25) is 0 Å². The van der Waals surface area contributed by atoms with E-state index in [4.69, 9.17) is 9.84 Å². The second-order valence-corrected chi connectivity index (χ2v) is 6.25. The standard InChI is InChI=1S/C20H21FO3/c1-2-24-16-9-10-19(21)17(12-16)14-6-3-13(4-7-14)5-8-15-11-18(15)20(22)23/h3-4,6-7,9-10,12,15,18H,2,5,8,11H2,1H3,(H,22,23)/t15-,18-/m1/s1. The van der Waals surface area contributed by atoms with Gasteiger partial charge in [-0.25, -0.2) is 4.39 Å². The third kappa shape index (κ3) is 3.75. The van der Waals surface area contributed by atoms with Crippen LogP contribution in [0.25, 0.3) is 11.1 Å². The van der Waals surface area contributed by atoms with Gasteiger partial charge in [0.2, 0.25) is 0 Å². The molecule has 24 heavy (non-hydrogen) atoms. The molecule has 3 nitrogen and oxygen atoms in total. The van der Waals surface area contributed by atoms with E-state index in [1.54, 1.807) is 12.1 Å². The predicted octanol–water partition coefficient (Wildman–Crippen LogP) is 4.54. The zero-order valence-electron chi connectivity index (χ0n) is 13.7. The van der Waals surface area contributed by atoms with E-state index in [1.165, 1.54) is 6.07 Å². The molecule has 1 N–H and O–H groups in total. The fourth-order valence-electron chi connectivity index (χ4n) is 3.05. The van der Waals surface area contributed by atoms with Crippen molar-refractivity contribution in [2.45, 2.75) is 26.2 Å². The summed E-state index contributed by atoms with van der Waals surface area (Å²) < 4.78 is 19.5. The lowest BCUT2D eigenvalue weighted by Gasteiger charge is -2.09. The summed E-state index contributed by atoms with van der Waals surface area (Å²) in [6.45, 7) is 2.44. The summed E-state index contributed by atoms with van der Waals surface area (Å²) in [6.07, 6.45) is 2.55. The molecule has 0 saturated heterocycles. The monoisotopic (exact) mass is 328 g/mol. The van der Waals surface area contributed by atoms with Crippen molar-refractivity contribution in [2.75, 3.05) is 6.61 Å². The van der Waals surface area contributed by atoms with Crippen LogP contribution in [0.4, 0.5) is 4.39 Å². The number of ether oxygens (including phenoxy) is 1. The van der Waals surface area contributed by atoms with Crippen molar-refractivity contribution in [3.8, 4) is 16.9 Å². The Hall–Kier alpha value is -2.36. The number of benzene rings is 2. The molecule has 0 aromatic heterocycles. The molecule has 2 atom stereocenters. The first-order chi connectivity index (χ1) is 11.6. The second-order valence-electron chi connectivity index (χ2n) is 6.25. The van der Waals surface area contributed by atoms with E-state index in [9.17, 15) is 9.18 Å². The minimum Gasteiger partial charge on any atom is -0.494 e. The lowest BCUT2D eigenvalue weighted by atomic mass is 10.0. The summed E-state index contributed by atoms with van der Waals surface area (Å²) in [7, 11) is 0. The molecule has 0 amide bonds. The zero-order valence-corrected chi connectivity index (χ0v) is 13.7. The van der Waals surface area contributed by atoms with Crippen molar-refractivity contribution in [3.05, 3.63) is 53.8 Å². The van der Waals surface area contributed by atoms with Crippen molar-refractivity contribution in [3.63, 3.8) is 0 Å². The molecular formula is C20H21FO3. The van der Waals surface area contributed by atoms with Gasteiger partial charge in [-0.3, -0.25) is 4.79 Å². The van der Waals surface area contributed by atoms with Gasteiger partial charge < -0.3 is 9.84 Å². The SMILES string of the molecule is CCOc1ccc(F)c(-c2ccc(CC[C@@H]3C[C@H]3C(=O)O)cc2)c1. The van der Waals surface area contributed by atoms with Crippen molar-refractivity contribution in [2.24, 2.45) is 11.8 Å². The highest BCUT2D eigenvalue weighted by Gasteiger charge is 2.42. The van der Waals surface area contributed by atoms with E-state index in [2.05, 4.69) is 0 Å². The number of rotatable bonds is 7. The van der Waals surface area contributed by atoms with Crippen LogP contribution >= 0.6 is 0 Å². The molecule has 0 aliphatic heterocycles. The quantitative estimate of drug-likeness (QED) is 0.811. The summed E-state index contributed by atoms with van der Waals surface area (Å²) >= 11 is 0. The summed E-state index contributed by atoms with van der Waals surface area (Å²) in [5.41, 5.74) is 2.49. The lowest BCUT2D eigenvalue weighted by Crippen LogP contribution is -2.00. The van der Waals surface area contributed by atoms with Gasteiger partial charge in [0, 0.05) is 5.56 Å². The number of carbonyl (C=O) groups is 1. The Morgan fingerprint density at radius 3 is 2.62 bits per heavy atom. The fraction of sp³-hybridized carbons (Fsp3) is 0.350. The molecule has 1 saturated carbocycles. The maximum absolute atomic E-state index is 14.1. The molecule has 3 rings (SSSR count). The normalized spacial score (nSPS) is 19.1. The van der Waals surface area contributed by atoms with Crippen molar-refractivity contribution < 1.29 is 19.0 Å². The highest BCUT2D eigenvalue weighted by Crippen LogP contribution is 2.42. The van der Waals surface area contributed by atoms with Gasteiger partial charge in [-0.05, 0) is 61.4 Å². The summed E-state index contributed by atoms with van der Waals surface area (Å²) in [6, 6.07) is 12.6. The highest BCUT2D eigenvalue weighted by molar-refractivity contribution is 5.73. The minimum atomic E-state index is -0.681. The summed E-state index contributed by atoms with van der Waals surface area (Å²) in [5.74, 6) is -0.137. The third-order valence-corrected chi connectivity index (χ3v) is 4.56. The van der Waals surface area contributed by atoms with Crippen molar-refractivity contribution in [1.82, 2.24) is 0 Å². The summed E-state index contributed by atoms with van der Waals surface area (Å²) in [5, 5.41) is 8.92. The van der Waals surface area contributed by atoms with Crippen LogP contribution in [0.1, 0.15) is 25.3 Å². The molecule has 0 spiro atoms. The second kappa shape index (κ2) is 7.04. The van der Waals surface area contributed by atoms with Crippen LogP contribution in [-0.4, -0.2) is 17.7 Å². The molecule has 1 aliphatic carbocycles. The molecular weight excluding hydrogens is 307 g/mol. The number of halogens is 1. The number of carboxylic acid groups (broad SMARTS) is 1. The van der Waals surface area contributed by atoms with Gasteiger partial charge in [0.15, 0.2) is 0 Å². The molecule has 126 valence electrons. The zero-order chi connectivity index (χ0) is 17.1. The molecule has 0 bridgehead atoms. The molecule has 2 aromatic rings. The molecule has 0 heterocycles. The van der Waals surface area contributed by atoms with Crippen LogP contribution < -0.4 is 4.74 Å². The molecule has 0 unspecified atom stereocenters. The lowest BCUT2D eigenvalue weighted by molar-refractivity contribution is -0.138. The van der Waals surface area contributed by atoms with E-state index < -0.39 is 5.97 Å². The Labute approximate surface area is 141 Å². The van der Waals surface area contributed by atoms with Gasteiger partial charge in [-0.2, -0.15) is 0 Å². The van der Waals surface area contributed by atoms with Crippen molar-refractivity contribution in [1.29, 1.82) is 0 Å². The van der Waals surface area contributed by atoms with Gasteiger partial charge in [-0.15, -0.1) is 0 Å². The number of aliphatic carboxylic acids is 1. The minimum absolute atomic E-state index is 0.153. The van der Waals surface area contributed by atoms with Crippen LogP contribution in [0.15, 0.2) is 42.5 Å². The molecule has 1 aliphatic rings. The van der Waals surface area contributed by atoms with Crippen LogP contribution in [0.5, 0.6) is 5.75 Å². The van der Waals surface area contributed by atoms with E-state index in [0.29, 0.717) is 23.8 Å². The molecule has 0 radical (unpaired) electrons. The Kier molecular flexibility index (Phi) is 4.84. The van der Waals surface area contributed by atoms with Gasteiger partial charge >= 0.3 is 5.97 Å². The third-order valence-electron chi connectivity index (χ3n) is 4.56. The Balaban J connectivity index is 1.66. The Morgan fingerprint density at radius 1 is 1.25 bits per heavy atom. The Morgan fingerprint density at radius 2 is 2.00 bits per heavy atom. The van der Waals surface area contributed by atoms with Gasteiger partial charge in [0.1, 0.15) is 11.6 Å². The summed E-state index contributed by atoms with van der Waals surface area (Å²) in [4.78, 5) is 10.8. The van der Waals surface area contributed by atoms with E-state index >= 15 is 0 Å².